The maximum absolute atomic E-state index is 11.8. The third kappa shape index (κ3) is 2.42. The lowest BCUT2D eigenvalue weighted by Gasteiger charge is -2.44. The highest BCUT2D eigenvalue weighted by molar-refractivity contribution is 7.13. The molecule has 0 spiro atoms. The van der Waals surface area contributed by atoms with Gasteiger partial charge in [0.2, 0.25) is 0 Å². The van der Waals surface area contributed by atoms with E-state index in [-0.39, 0.29) is 11.3 Å². The summed E-state index contributed by atoms with van der Waals surface area (Å²) in [7, 11) is 0. The van der Waals surface area contributed by atoms with Gasteiger partial charge in [-0.2, -0.15) is 0 Å². The number of hydrogen-bond donors (Lipinski definition) is 0. The van der Waals surface area contributed by atoms with Crippen molar-refractivity contribution in [3.8, 4) is 0 Å². The van der Waals surface area contributed by atoms with Crippen LogP contribution in [0.3, 0.4) is 0 Å². The number of carbonyl (C=O) groups excluding carboxylic acids is 1. The van der Waals surface area contributed by atoms with E-state index in [9.17, 15) is 4.79 Å². The van der Waals surface area contributed by atoms with Crippen molar-refractivity contribution in [1.82, 2.24) is 9.88 Å². The van der Waals surface area contributed by atoms with Crippen LogP contribution >= 0.6 is 11.3 Å². The molecule has 100 valence electrons. The number of carbonyl (C=O) groups is 1. The van der Waals surface area contributed by atoms with Crippen LogP contribution in [0.1, 0.15) is 27.2 Å². The number of nitrogens with zero attached hydrogens (tertiary/aromatic N) is 3. The Hall–Kier alpha value is -0.940. The SMILES string of the molecule is CCC(C)(C(C)=O)N1CCN(c2nccs2)CC1. The zero-order valence-corrected chi connectivity index (χ0v) is 12.2. The average molecular weight is 267 g/mol. The van der Waals surface area contributed by atoms with E-state index in [4.69, 9.17) is 0 Å². The van der Waals surface area contributed by atoms with Crippen LogP contribution in [-0.2, 0) is 4.79 Å². The summed E-state index contributed by atoms with van der Waals surface area (Å²) in [5, 5.41) is 3.10. The van der Waals surface area contributed by atoms with Crippen LogP contribution in [-0.4, -0.2) is 47.4 Å². The largest absolute Gasteiger partial charge is 0.346 e. The van der Waals surface area contributed by atoms with Crippen LogP contribution in [0.4, 0.5) is 5.13 Å². The monoisotopic (exact) mass is 267 g/mol. The average Bonchev–Trinajstić information content (AvgIpc) is 2.91. The molecule has 5 heteroatoms. The molecule has 0 N–H and O–H groups in total. The van der Waals surface area contributed by atoms with E-state index in [2.05, 4.69) is 28.6 Å². The Morgan fingerprint density at radius 2 is 2.11 bits per heavy atom. The van der Waals surface area contributed by atoms with Gasteiger partial charge in [0, 0.05) is 37.8 Å². The summed E-state index contributed by atoms with van der Waals surface area (Å²) in [5.41, 5.74) is -0.297. The third-order valence-corrected chi connectivity index (χ3v) is 4.95. The quantitative estimate of drug-likeness (QED) is 0.836. The van der Waals surface area contributed by atoms with Crippen molar-refractivity contribution >= 4 is 22.3 Å². The molecule has 2 heterocycles. The number of ketones is 1. The van der Waals surface area contributed by atoms with Gasteiger partial charge in [-0.15, -0.1) is 11.3 Å². The summed E-state index contributed by atoms with van der Waals surface area (Å²) in [4.78, 5) is 20.8. The zero-order chi connectivity index (χ0) is 13.2. The maximum Gasteiger partial charge on any atom is 0.185 e. The van der Waals surface area contributed by atoms with E-state index < -0.39 is 0 Å². The van der Waals surface area contributed by atoms with Gasteiger partial charge in [0.05, 0.1) is 5.54 Å². The molecule has 1 aromatic heterocycles. The summed E-state index contributed by atoms with van der Waals surface area (Å²) in [5.74, 6) is 0.271. The molecule has 0 amide bonds. The van der Waals surface area contributed by atoms with Crippen LogP contribution in [0.5, 0.6) is 0 Å². The molecule has 1 atom stereocenters. The summed E-state index contributed by atoms with van der Waals surface area (Å²) in [6.45, 7) is 9.64. The molecule has 2 rings (SSSR count). The summed E-state index contributed by atoms with van der Waals surface area (Å²) < 4.78 is 0. The Morgan fingerprint density at radius 1 is 1.44 bits per heavy atom. The number of piperazine rings is 1. The summed E-state index contributed by atoms with van der Waals surface area (Å²) in [6.07, 6.45) is 2.72. The van der Waals surface area contributed by atoms with Gasteiger partial charge in [-0.05, 0) is 20.3 Å². The van der Waals surface area contributed by atoms with Gasteiger partial charge in [0.15, 0.2) is 5.13 Å². The molecular formula is C13H21N3OS. The predicted octanol–water partition coefficient (Wildman–Crippen LogP) is 2.02. The normalized spacial score (nSPS) is 20.7. The van der Waals surface area contributed by atoms with Gasteiger partial charge < -0.3 is 4.90 Å². The standard InChI is InChI=1S/C13H21N3OS/c1-4-13(3,11(2)17)16-8-6-15(7-9-16)12-14-5-10-18-12/h5,10H,4,6-9H2,1-3H3. The van der Waals surface area contributed by atoms with Crippen LogP contribution in [0.15, 0.2) is 11.6 Å². The molecule has 1 saturated heterocycles. The molecule has 4 nitrogen and oxygen atoms in total. The minimum atomic E-state index is -0.297. The number of anilines is 1. The Kier molecular flexibility index (Phi) is 4.02. The number of Topliss-reactive ketones (excluding diaryl/α,β-unsaturated/α-hetero) is 1. The van der Waals surface area contributed by atoms with Gasteiger partial charge in [-0.1, -0.05) is 6.92 Å². The van der Waals surface area contributed by atoms with E-state index in [1.54, 1.807) is 18.3 Å². The Labute approximate surface area is 113 Å². The van der Waals surface area contributed by atoms with E-state index in [1.165, 1.54) is 0 Å². The predicted molar refractivity (Wildman–Crippen MR) is 75.3 cm³/mol. The second-order valence-corrected chi connectivity index (χ2v) is 5.85. The molecule has 0 radical (unpaired) electrons. The molecule has 0 aromatic carbocycles. The Balaban J connectivity index is 2.00. The van der Waals surface area contributed by atoms with Gasteiger partial charge >= 0.3 is 0 Å². The van der Waals surface area contributed by atoms with Crippen molar-refractivity contribution in [2.45, 2.75) is 32.7 Å². The molecule has 1 unspecified atom stereocenters. The fourth-order valence-corrected chi connectivity index (χ4v) is 3.16. The van der Waals surface area contributed by atoms with Crippen molar-refractivity contribution in [2.75, 3.05) is 31.1 Å². The van der Waals surface area contributed by atoms with Gasteiger partial charge in [-0.25, -0.2) is 4.98 Å². The lowest BCUT2D eigenvalue weighted by atomic mass is 9.91. The first-order valence-electron chi connectivity index (χ1n) is 6.48. The maximum atomic E-state index is 11.8. The molecular weight excluding hydrogens is 246 g/mol. The van der Waals surface area contributed by atoms with Crippen molar-refractivity contribution in [1.29, 1.82) is 0 Å². The van der Waals surface area contributed by atoms with Crippen LogP contribution in [0.25, 0.3) is 0 Å². The van der Waals surface area contributed by atoms with Crippen molar-refractivity contribution in [3.63, 3.8) is 0 Å². The second-order valence-electron chi connectivity index (χ2n) is 4.97. The highest BCUT2D eigenvalue weighted by Gasteiger charge is 2.36. The molecule has 0 bridgehead atoms. The lowest BCUT2D eigenvalue weighted by molar-refractivity contribution is -0.128. The highest BCUT2D eigenvalue weighted by atomic mass is 32.1. The minimum absolute atomic E-state index is 0.271. The van der Waals surface area contributed by atoms with E-state index >= 15 is 0 Å². The minimum Gasteiger partial charge on any atom is -0.346 e. The molecule has 0 aliphatic carbocycles. The van der Waals surface area contributed by atoms with Crippen LogP contribution in [0.2, 0.25) is 0 Å². The first-order valence-corrected chi connectivity index (χ1v) is 7.36. The smallest absolute Gasteiger partial charge is 0.185 e. The topological polar surface area (TPSA) is 36.4 Å². The molecule has 0 saturated carbocycles. The first-order chi connectivity index (χ1) is 8.58. The van der Waals surface area contributed by atoms with Crippen molar-refractivity contribution in [3.05, 3.63) is 11.6 Å². The summed E-state index contributed by atoms with van der Waals surface area (Å²) >= 11 is 1.68. The van der Waals surface area contributed by atoms with Gasteiger partial charge in [0.1, 0.15) is 5.78 Å². The molecule has 1 fully saturated rings. The van der Waals surface area contributed by atoms with Gasteiger partial charge in [0.25, 0.3) is 0 Å². The summed E-state index contributed by atoms with van der Waals surface area (Å²) in [6, 6.07) is 0. The lowest BCUT2D eigenvalue weighted by Crippen LogP contribution is -2.58. The number of thiazole rings is 1. The second kappa shape index (κ2) is 5.36. The van der Waals surface area contributed by atoms with Crippen LogP contribution in [0, 0.1) is 0 Å². The van der Waals surface area contributed by atoms with Crippen molar-refractivity contribution in [2.24, 2.45) is 0 Å². The molecule has 18 heavy (non-hydrogen) atoms. The van der Waals surface area contributed by atoms with E-state index in [0.717, 1.165) is 37.7 Å². The van der Waals surface area contributed by atoms with Gasteiger partial charge in [-0.3, -0.25) is 9.69 Å². The molecule has 1 aliphatic rings. The fourth-order valence-electron chi connectivity index (χ4n) is 2.46. The van der Waals surface area contributed by atoms with E-state index in [0.29, 0.717) is 0 Å². The Bertz CT molecular complexity index is 398. The number of rotatable bonds is 4. The highest BCUT2D eigenvalue weighted by Crippen LogP contribution is 2.25. The van der Waals surface area contributed by atoms with Crippen LogP contribution < -0.4 is 4.90 Å². The molecule has 1 aromatic rings. The zero-order valence-electron chi connectivity index (χ0n) is 11.3. The number of aromatic nitrogens is 1. The van der Waals surface area contributed by atoms with E-state index in [1.807, 2.05) is 11.6 Å². The molecule has 1 aliphatic heterocycles. The first kappa shape index (κ1) is 13.5. The third-order valence-electron chi connectivity index (χ3n) is 4.11. The number of hydrogen-bond acceptors (Lipinski definition) is 5. The fraction of sp³-hybridized carbons (Fsp3) is 0.692. The van der Waals surface area contributed by atoms with Crippen molar-refractivity contribution < 1.29 is 4.79 Å². The Morgan fingerprint density at radius 3 is 2.56 bits per heavy atom.